The van der Waals surface area contributed by atoms with E-state index >= 15 is 0 Å². The molecule has 10 nitrogen and oxygen atoms in total. The average Bonchev–Trinajstić information content (AvgIpc) is 3.08. The molecule has 0 saturated carbocycles. The number of aliphatic hydroxyl groups excluding tert-OH is 1. The van der Waals surface area contributed by atoms with Crippen molar-refractivity contribution in [2.75, 3.05) is 13.7 Å². The van der Waals surface area contributed by atoms with Gasteiger partial charge in [0.1, 0.15) is 30.3 Å². The summed E-state index contributed by atoms with van der Waals surface area (Å²) in [6.07, 6.45) is -7.13. The van der Waals surface area contributed by atoms with Crippen LogP contribution in [-0.4, -0.2) is 67.4 Å². The number of rotatable bonds is 10. The van der Waals surface area contributed by atoms with E-state index in [4.69, 9.17) is 28.4 Å². The molecular weight excluding hydrogens is 568 g/mol. The summed E-state index contributed by atoms with van der Waals surface area (Å²) < 4.78 is 34.4. The van der Waals surface area contributed by atoms with Crippen LogP contribution in [0.5, 0.6) is 11.5 Å². The van der Waals surface area contributed by atoms with Gasteiger partial charge in [0.05, 0.1) is 23.8 Å². The number of methoxy groups -OCH3 is 1. The van der Waals surface area contributed by atoms with E-state index in [-0.39, 0.29) is 11.1 Å². The molecule has 1 aliphatic heterocycles. The second kappa shape index (κ2) is 14.3. The first-order valence-electron chi connectivity index (χ1n) is 13.8. The zero-order chi connectivity index (χ0) is 30.9. The van der Waals surface area contributed by atoms with Crippen LogP contribution in [0.25, 0.3) is 0 Å². The number of ether oxygens (including phenoxy) is 6. The Kier molecular flexibility index (Phi) is 9.85. The lowest BCUT2D eigenvalue weighted by Gasteiger charge is -2.43. The molecule has 4 aromatic rings. The Morgan fingerprint density at radius 1 is 0.636 bits per heavy atom. The predicted molar refractivity (Wildman–Crippen MR) is 156 cm³/mol. The number of esters is 3. The SMILES string of the molecule is COc1ccc(O[C@@H]2O[C@H](COC(=O)c3ccccc3)[C@H](O)[C@H](OC(=O)c3ccccc3)[C@H]2OC(=O)c2ccccc2)cc1. The molecule has 0 spiro atoms. The Morgan fingerprint density at radius 3 is 1.59 bits per heavy atom. The molecule has 0 bridgehead atoms. The first kappa shape index (κ1) is 30.3. The van der Waals surface area contributed by atoms with Gasteiger partial charge in [-0.3, -0.25) is 0 Å². The first-order chi connectivity index (χ1) is 21.4. The van der Waals surface area contributed by atoms with Crippen molar-refractivity contribution in [2.24, 2.45) is 0 Å². The molecule has 4 aromatic carbocycles. The molecule has 5 atom stereocenters. The third kappa shape index (κ3) is 7.41. The number of carbonyl (C=O) groups excluding carboxylic acids is 3. The fourth-order valence-electron chi connectivity index (χ4n) is 4.52. The van der Waals surface area contributed by atoms with Gasteiger partial charge in [0, 0.05) is 0 Å². The fraction of sp³-hybridized carbons (Fsp3) is 0.206. The number of benzene rings is 4. The van der Waals surface area contributed by atoms with Crippen molar-refractivity contribution in [1.29, 1.82) is 0 Å². The molecule has 0 aliphatic carbocycles. The number of hydrogen-bond donors (Lipinski definition) is 1. The summed E-state index contributed by atoms with van der Waals surface area (Å²) in [6, 6.07) is 31.2. The number of carbonyl (C=O) groups is 3. The molecule has 1 heterocycles. The Hall–Kier alpha value is -5.19. The molecule has 0 unspecified atom stereocenters. The van der Waals surface area contributed by atoms with E-state index in [9.17, 15) is 19.5 Å². The van der Waals surface area contributed by atoms with Crippen LogP contribution in [0.3, 0.4) is 0 Å². The highest BCUT2D eigenvalue weighted by molar-refractivity contribution is 5.90. The van der Waals surface area contributed by atoms with Gasteiger partial charge in [-0.25, -0.2) is 14.4 Å². The molecule has 10 heteroatoms. The van der Waals surface area contributed by atoms with Gasteiger partial charge in [0.25, 0.3) is 0 Å². The van der Waals surface area contributed by atoms with Gasteiger partial charge in [-0.15, -0.1) is 0 Å². The second-order valence-corrected chi connectivity index (χ2v) is 9.76. The van der Waals surface area contributed by atoms with Crippen molar-refractivity contribution in [1.82, 2.24) is 0 Å². The maximum absolute atomic E-state index is 13.2. The minimum atomic E-state index is -1.59. The fourth-order valence-corrected chi connectivity index (χ4v) is 4.52. The molecule has 1 fully saturated rings. The highest BCUT2D eigenvalue weighted by Crippen LogP contribution is 2.31. The van der Waals surface area contributed by atoms with Crippen molar-refractivity contribution in [2.45, 2.75) is 30.7 Å². The molecule has 5 rings (SSSR count). The zero-order valence-corrected chi connectivity index (χ0v) is 23.7. The topological polar surface area (TPSA) is 127 Å². The maximum Gasteiger partial charge on any atom is 0.338 e. The Balaban J connectivity index is 1.46. The zero-order valence-electron chi connectivity index (χ0n) is 23.7. The quantitative estimate of drug-likeness (QED) is 0.206. The molecule has 1 aliphatic rings. The molecular formula is C34H30O10. The van der Waals surface area contributed by atoms with Crippen LogP contribution in [-0.2, 0) is 18.9 Å². The van der Waals surface area contributed by atoms with Gasteiger partial charge in [-0.05, 0) is 60.7 Å². The van der Waals surface area contributed by atoms with Gasteiger partial charge in [-0.1, -0.05) is 54.6 Å². The number of hydrogen-bond acceptors (Lipinski definition) is 10. The highest BCUT2D eigenvalue weighted by Gasteiger charge is 2.51. The lowest BCUT2D eigenvalue weighted by molar-refractivity contribution is -0.276. The summed E-state index contributed by atoms with van der Waals surface area (Å²) in [5, 5.41) is 11.5. The Morgan fingerprint density at radius 2 is 1.09 bits per heavy atom. The van der Waals surface area contributed by atoms with E-state index < -0.39 is 55.2 Å². The van der Waals surface area contributed by atoms with Crippen LogP contribution in [0.2, 0.25) is 0 Å². The average molecular weight is 599 g/mol. The van der Waals surface area contributed by atoms with Crippen LogP contribution in [0.1, 0.15) is 31.1 Å². The van der Waals surface area contributed by atoms with E-state index in [1.165, 1.54) is 7.11 Å². The standard InChI is InChI=1S/C34H30O10/c1-39-25-17-19-26(20-18-25)41-34-30(44-33(38)24-15-9-4-10-16-24)29(43-32(37)23-13-7-3-8-14-23)28(35)27(42-34)21-40-31(36)22-11-5-2-6-12-22/h2-20,27-30,34-35H,21H2,1H3/t27-,28+,29+,30-,34-/m1/s1. The van der Waals surface area contributed by atoms with E-state index in [1.54, 1.807) is 115 Å². The van der Waals surface area contributed by atoms with E-state index in [1.807, 2.05) is 0 Å². The summed E-state index contributed by atoms with van der Waals surface area (Å²) in [6.45, 7) is -0.421. The Labute approximate surface area is 253 Å². The second-order valence-electron chi connectivity index (χ2n) is 9.76. The predicted octanol–water partition coefficient (Wildman–Crippen LogP) is 4.47. The molecule has 1 saturated heterocycles. The van der Waals surface area contributed by atoms with Crippen LogP contribution >= 0.6 is 0 Å². The van der Waals surface area contributed by atoms with Crippen LogP contribution in [0, 0.1) is 0 Å². The van der Waals surface area contributed by atoms with Gasteiger partial charge in [-0.2, -0.15) is 0 Å². The largest absolute Gasteiger partial charge is 0.497 e. The van der Waals surface area contributed by atoms with E-state index in [0.29, 0.717) is 17.1 Å². The summed E-state index contributed by atoms with van der Waals surface area (Å²) in [4.78, 5) is 39.1. The van der Waals surface area contributed by atoms with E-state index in [2.05, 4.69) is 0 Å². The Bertz CT molecular complexity index is 1530. The van der Waals surface area contributed by atoms with Crippen molar-refractivity contribution in [3.63, 3.8) is 0 Å². The van der Waals surface area contributed by atoms with Gasteiger partial charge < -0.3 is 33.5 Å². The van der Waals surface area contributed by atoms with Crippen LogP contribution in [0.4, 0.5) is 0 Å². The highest BCUT2D eigenvalue weighted by atomic mass is 16.7. The van der Waals surface area contributed by atoms with Crippen molar-refractivity contribution >= 4 is 17.9 Å². The van der Waals surface area contributed by atoms with Crippen LogP contribution < -0.4 is 9.47 Å². The first-order valence-corrected chi connectivity index (χ1v) is 13.8. The summed E-state index contributed by atoms with van der Waals surface area (Å²) in [7, 11) is 1.52. The third-order valence-corrected chi connectivity index (χ3v) is 6.82. The number of aliphatic hydroxyl groups is 1. The van der Waals surface area contributed by atoms with Crippen molar-refractivity contribution in [3.8, 4) is 11.5 Å². The van der Waals surface area contributed by atoms with Crippen molar-refractivity contribution in [3.05, 3.63) is 132 Å². The van der Waals surface area contributed by atoms with Crippen LogP contribution in [0.15, 0.2) is 115 Å². The molecule has 0 radical (unpaired) electrons. The molecule has 1 N–H and O–H groups in total. The smallest absolute Gasteiger partial charge is 0.338 e. The monoisotopic (exact) mass is 598 g/mol. The van der Waals surface area contributed by atoms with Crippen molar-refractivity contribution < 1.29 is 47.9 Å². The normalized spacial score (nSPS) is 21.0. The molecule has 44 heavy (non-hydrogen) atoms. The maximum atomic E-state index is 13.2. The summed E-state index contributed by atoms with van der Waals surface area (Å²) in [5.41, 5.74) is 0.724. The molecule has 0 amide bonds. The van der Waals surface area contributed by atoms with E-state index in [0.717, 1.165) is 0 Å². The molecule has 226 valence electrons. The summed E-state index contributed by atoms with van der Waals surface area (Å²) >= 11 is 0. The van der Waals surface area contributed by atoms with Gasteiger partial charge in [0.15, 0.2) is 6.10 Å². The lowest BCUT2D eigenvalue weighted by Crippen LogP contribution is -2.62. The molecule has 0 aromatic heterocycles. The summed E-state index contributed by atoms with van der Waals surface area (Å²) in [5.74, 6) is -1.31. The lowest BCUT2D eigenvalue weighted by atomic mass is 9.98. The minimum absolute atomic E-state index is 0.207. The minimum Gasteiger partial charge on any atom is -0.497 e. The van der Waals surface area contributed by atoms with Gasteiger partial charge >= 0.3 is 17.9 Å². The van der Waals surface area contributed by atoms with Gasteiger partial charge in [0.2, 0.25) is 12.4 Å². The third-order valence-electron chi connectivity index (χ3n) is 6.82.